The number of fused-ring (bicyclic) bond motifs is 3. The maximum Gasteiger partial charge on any atom is 0.407 e. The SMILES string of the molecule is CC(C)[C@@H](NC(=O)OCC1c2ccccc2-c2ccccc21)C(=O)NC[C@H]1CCO[C@H]1C(=O)O. The minimum atomic E-state index is -1.03. The predicted octanol–water partition coefficient (Wildman–Crippen LogP) is 3.16. The van der Waals surface area contributed by atoms with E-state index < -0.39 is 24.2 Å². The molecule has 8 heteroatoms. The van der Waals surface area contributed by atoms with Crippen molar-refractivity contribution in [3.05, 3.63) is 59.7 Å². The molecule has 0 aromatic heterocycles. The Balaban J connectivity index is 1.35. The van der Waals surface area contributed by atoms with Crippen LogP contribution in [0.5, 0.6) is 0 Å². The molecule has 2 aromatic rings. The summed E-state index contributed by atoms with van der Waals surface area (Å²) in [5, 5.41) is 14.7. The molecule has 34 heavy (non-hydrogen) atoms. The third-order valence-electron chi connectivity index (χ3n) is 6.56. The van der Waals surface area contributed by atoms with E-state index in [0.717, 1.165) is 22.3 Å². The summed E-state index contributed by atoms with van der Waals surface area (Å²) in [5.74, 6) is -1.97. The van der Waals surface area contributed by atoms with Gasteiger partial charge in [0.2, 0.25) is 5.91 Å². The second kappa shape index (κ2) is 10.3. The number of ether oxygens (including phenoxy) is 2. The predicted molar refractivity (Wildman–Crippen MR) is 125 cm³/mol. The number of carbonyl (C=O) groups is 3. The van der Waals surface area contributed by atoms with E-state index in [0.29, 0.717) is 13.0 Å². The monoisotopic (exact) mass is 466 g/mol. The topological polar surface area (TPSA) is 114 Å². The third kappa shape index (κ3) is 4.92. The Morgan fingerprint density at radius 2 is 1.68 bits per heavy atom. The fourth-order valence-corrected chi connectivity index (χ4v) is 4.76. The van der Waals surface area contributed by atoms with E-state index in [-0.39, 0.29) is 36.8 Å². The van der Waals surface area contributed by atoms with Gasteiger partial charge in [-0.1, -0.05) is 62.4 Å². The van der Waals surface area contributed by atoms with Crippen LogP contribution in [0.15, 0.2) is 48.5 Å². The number of rotatable bonds is 8. The first-order valence-electron chi connectivity index (χ1n) is 11.6. The van der Waals surface area contributed by atoms with Gasteiger partial charge in [-0.05, 0) is 34.6 Å². The van der Waals surface area contributed by atoms with Crippen LogP contribution in [-0.4, -0.2) is 55.0 Å². The molecule has 0 bridgehead atoms. The lowest BCUT2D eigenvalue weighted by atomic mass is 9.98. The summed E-state index contributed by atoms with van der Waals surface area (Å²) < 4.78 is 10.8. The number of alkyl carbamates (subject to hydrolysis) is 1. The van der Waals surface area contributed by atoms with Crippen LogP contribution in [0.25, 0.3) is 11.1 Å². The quantitative estimate of drug-likeness (QED) is 0.551. The van der Waals surface area contributed by atoms with E-state index in [9.17, 15) is 19.5 Å². The zero-order valence-electron chi connectivity index (χ0n) is 19.3. The Hall–Kier alpha value is -3.39. The van der Waals surface area contributed by atoms with E-state index in [1.54, 1.807) is 0 Å². The van der Waals surface area contributed by atoms with Crippen molar-refractivity contribution in [3.63, 3.8) is 0 Å². The van der Waals surface area contributed by atoms with Crippen LogP contribution in [-0.2, 0) is 19.1 Å². The third-order valence-corrected chi connectivity index (χ3v) is 6.56. The van der Waals surface area contributed by atoms with Crippen LogP contribution in [0.4, 0.5) is 4.79 Å². The van der Waals surface area contributed by atoms with E-state index in [1.165, 1.54) is 0 Å². The molecule has 1 aliphatic carbocycles. The van der Waals surface area contributed by atoms with Crippen molar-refractivity contribution >= 4 is 18.0 Å². The van der Waals surface area contributed by atoms with Gasteiger partial charge in [-0.25, -0.2) is 9.59 Å². The van der Waals surface area contributed by atoms with Crippen molar-refractivity contribution < 1.29 is 29.0 Å². The number of nitrogens with one attached hydrogen (secondary N) is 2. The molecule has 2 amide bonds. The molecule has 2 aliphatic rings. The fraction of sp³-hybridized carbons (Fsp3) is 0.423. The Bertz CT molecular complexity index is 1020. The van der Waals surface area contributed by atoms with Crippen LogP contribution in [0, 0.1) is 11.8 Å². The molecule has 2 aromatic carbocycles. The van der Waals surface area contributed by atoms with Crippen molar-refractivity contribution in [1.29, 1.82) is 0 Å². The van der Waals surface area contributed by atoms with Crippen LogP contribution < -0.4 is 10.6 Å². The average Bonchev–Trinajstić information content (AvgIpc) is 3.42. The van der Waals surface area contributed by atoms with Crippen LogP contribution >= 0.6 is 0 Å². The summed E-state index contributed by atoms with van der Waals surface area (Å²) in [4.78, 5) is 36.7. The highest BCUT2D eigenvalue weighted by atomic mass is 16.5. The molecule has 0 radical (unpaired) electrons. The van der Waals surface area contributed by atoms with Crippen molar-refractivity contribution in [1.82, 2.24) is 10.6 Å². The number of carboxylic acids is 1. The highest BCUT2D eigenvalue weighted by molar-refractivity contribution is 5.86. The van der Waals surface area contributed by atoms with Crippen LogP contribution in [0.2, 0.25) is 0 Å². The molecule has 0 spiro atoms. The first-order chi connectivity index (χ1) is 16.4. The highest BCUT2D eigenvalue weighted by Crippen LogP contribution is 2.44. The van der Waals surface area contributed by atoms with Gasteiger partial charge < -0.3 is 25.2 Å². The fourth-order valence-electron chi connectivity index (χ4n) is 4.76. The first-order valence-corrected chi connectivity index (χ1v) is 11.6. The minimum Gasteiger partial charge on any atom is -0.479 e. The summed E-state index contributed by atoms with van der Waals surface area (Å²) in [6, 6.07) is 15.4. The summed E-state index contributed by atoms with van der Waals surface area (Å²) in [5.41, 5.74) is 4.51. The van der Waals surface area contributed by atoms with Crippen molar-refractivity contribution in [2.24, 2.45) is 11.8 Å². The van der Waals surface area contributed by atoms with E-state index in [1.807, 2.05) is 50.2 Å². The number of hydrogen-bond donors (Lipinski definition) is 3. The lowest BCUT2D eigenvalue weighted by Gasteiger charge is -2.23. The number of amides is 2. The lowest BCUT2D eigenvalue weighted by Crippen LogP contribution is -2.51. The number of benzene rings is 2. The highest BCUT2D eigenvalue weighted by Gasteiger charge is 2.35. The minimum absolute atomic E-state index is 0.0696. The second-order valence-electron chi connectivity index (χ2n) is 9.12. The molecule has 4 rings (SSSR count). The second-order valence-corrected chi connectivity index (χ2v) is 9.12. The number of carbonyl (C=O) groups excluding carboxylic acids is 2. The molecule has 1 aliphatic heterocycles. The van der Waals surface area contributed by atoms with Gasteiger partial charge >= 0.3 is 12.1 Å². The summed E-state index contributed by atoms with van der Waals surface area (Å²) in [7, 11) is 0. The molecule has 1 fully saturated rings. The zero-order chi connectivity index (χ0) is 24.2. The zero-order valence-corrected chi connectivity index (χ0v) is 19.3. The van der Waals surface area contributed by atoms with Crippen molar-refractivity contribution in [3.8, 4) is 11.1 Å². The van der Waals surface area contributed by atoms with E-state index in [2.05, 4.69) is 22.8 Å². The summed E-state index contributed by atoms with van der Waals surface area (Å²) >= 11 is 0. The average molecular weight is 467 g/mol. The van der Waals surface area contributed by atoms with Gasteiger partial charge in [-0.2, -0.15) is 0 Å². The maximum atomic E-state index is 12.8. The van der Waals surface area contributed by atoms with Gasteiger partial charge in [0.1, 0.15) is 12.6 Å². The van der Waals surface area contributed by atoms with E-state index >= 15 is 0 Å². The van der Waals surface area contributed by atoms with E-state index in [4.69, 9.17) is 9.47 Å². The molecule has 180 valence electrons. The molecule has 0 saturated carbocycles. The Kier molecular flexibility index (Phi) is 7.17. The standard InChI is InChI=1S/C26H30N2O6/c1-15(2)22(24(29)27-13-16-11-12-33-23(16)25(30)31)28-26(32)34-14-21-19-9-5-3-7-17(19)18-8-4-6-10-20(18)21/h3-10,15-16,21-23H,11-14H2,1-2H3,(H,27,29)(H,28,32)(H,30,31)/t16-,22-,23-/m1/s1. The first kappa shape index (κ1) is 23.8. The maximum absolute atomic E-state index is 12.8. The van der Waals surface area contributed by atoms with Gasteiger partial charge in [-0.15, -0.1) is 0 Å². The molecule has 1 saturated heterocycles. The van der Waals surface area contributed by atoms with Gasteiger partial charge in [0.05, 0.1) is 0 Å². The Labute approximate surface area is 198 Å². The Morgan fingerprint density at radius 1 is 1.06 bits per heavy atom. The van der Waals surface area contributed by atoms with Crippen molar-refractivity contribution in [2.45, 2.75) is 38.3 Å². The van der Waals surface area contributed by atoms with Crippen LogP contribution in [0.3, 0.4) is 0 Å². The molecule has 3 N–H and O–H groups in total. The summed E-state index contributed by atoms with van der Waals surface area (Å²) in [6.45, 7) is 4.33. The lowest BCUT2D eigenvalue weighted by molar-refractivity contribution is -0.149. The molecule has 3 atom stereocenters. The van der Waals surface area contributed by atoms with Gasteiger partial charge in [-0.3, -0.25) is 4.79 Å². The molecular formula is C26H30N2O6. The van der Waals surface area contributed by atoms with Crippen molar-refractivity contribution in [2.75, 3.05) is 19.8 Å². The normalized spacial score (nSPS) is 19.9. The van der Waals surface area contributed by atoms with Gasteiger partial charge in [0.15, 0.2) is 6.10 Å². The summed E-state index contributed by atoms with van der Waals surface area (Å²) in [6.07, 6.45) is -1.03. The molecule has 8 nitrogen and oxygen atoms in total. The number of aliphatic carboxylic acids is 1. The van der Waals surface area contributed by atoms with Crippen LogP contribution in [0.1, 0.15) is 37.3 Å². The number of hydrogen-bond acceptors (Lipinski definition) is 5. The molecular weight excluding hydrogens is 436 g/mol. The number of carboxylic acid groups (broad SMARTS) is 1. The van der Waals surface area contributed by atoms with Gasteiger partial charge in [0, 0.05) is 25.0 Å². The Morgan fingerprint density at radius 3 is 2.26 bits per heavy atom. The van der Waals surface area contributed by atoms with Gasteiger partial charge in [0.25, 0.3) is 0 Å². The smallest absolute Gasteiger partial charge is 0.407 e. The largest absolute Gasteiger partial charge is 0.479 e. The molecule has 0 unspecified atom stereocenters. The molecule has 1 heterocycles.